The Bertz CT molecular complexity index is 884. The van der Waals surface area contributed by atoms with Gasteiger partial charge in [-0.3, -0.25) is 9.69 Å². The Balaban J connectivity index is 1.21. The van der Waals surface area contributed by atoms with Gasteiger partial charge in [0.25, 0.3) is 0 Å². The first-order valence-corrected chi connectivity index (χ1v) is 11.8. The maximum atomic E-state index is 12.3. The third-order valence-corrected chi connectivity index (χ3v) is 6.52. The summed E-state index contributed by atoms with van der Waals surface area (Å²) in [5.74, 6) is 1.30. The average molecular weight is 422 g/mol. The molecule has 5 heteroatoms. The predicted molar refractivity (Wildman–Crippen MR) is 125 cm³/mol. The van der Waals surface area contributed by atoms with Gasteiger partial charge in [0.2, 0.25) is 0 Å². The molecule has 4 rings (SSSR count). The minimum absolute atomic E-state index is 0.151. The van der Waals surface area contributed by atoms with Crippen molar-refractivity contribution < 1.29 is 9.53 Å². The van der Waals surface area contributed by atoms with Gasteiger partial charge in [0.1, 0.15) is 5.82 Å². The molecule has 166 valence electrons. The smallest absolute Gasteiger partial charge is 0.151 e. The van der Waals surface area contributed by atoms with Gasteiger partial charge in [-0.25, -0.2) is 4.98 Å². The zero-order valence-electron chi connectivity index (χ0n) is 18.9. The second-order valence-electron chi connectivity index (χ2n) is 8.95. The molecule has 2 atom stereocenters. The van der Waals surface area contributed by atoms with E-state index in [-0.39, 0.29) is 17.9 Å². The number of ketones is 1. The summed E-state index contributed by atoms with van der Waals surface area (Å²) in [6, 6.07) is 12.2. The standard InChI is InChI=1S/C26H35N3O2/c1-19-17-22(28-26-24(19)12-8-14-27-26)11-6-7-16-31-23-13-15-29(18-23)25(20(2)30)21-9-4-3-5-10-21/h3-5,9-10,17,23,25H,6-8,11-16,18H2,1-2H3,(H,27,28)/t23-,25+/m1/s1. The molecule has 1 fully saturated rings. The number of hydrogen-bond acceptors (Lipinski definition) is 5. The number of anilines is 1. The summed E-state index contributed by atoms with van der Waals surface area (Å²) in [5, 5.41) is 3.45. The number of aryl methyl sites for hydroxylation is 2. The number of rotatable bonds is 9. The summed E-state index contributed by atoms with van der Waals surface area (Å²) in [4.78, 5) is 19.4. The summed E-state index contributed by atoms with van der Waals surface area (Å²) in [6.07, 6.45) is 6.67. The molecule has 5 nitrogen and oxygen atoms in total. The van der Waals surface area contributed by atoms with Crippen LogP contribution in [0.2, 0.25) is 0 Å². The van der Waals surface area contributed by atoms with Crippen LogP contribution < -0.4 is 5.32 Å². The first-order valence-electron chi connectivity index (χ1n) is 11.8. The number of unbranched alkanes of at least 4 members (excludes halogenated alkanes) is 1. The third kappa shape index (κ3) is 5.52. The number of carbonyl (C=O) groups excluding carboxylic acids is 1. The number of hydrogen-bond donors (Lipinski definition) is 1. The van der Waals surface area contributed by atoms with Crippen LogP contribution in [0.3, 0.4) is 0 Å². The molecule has 0 aliphatic carbocycles. The molecular formula is C26H35N3O2. The molecule has 2 aliphatic heterocycles. The maximum absolute atomic E-state index is 12.3. The van der Waals surface area contributed by atoms with E-state index in [2.05, 4.69) is 23.2 Å². The predicted octanol–water partition coefficient (Wildman–Crippen LogP) is 4.49. The van der Waals surface area contributed by atoms with E-state index in [0.29, 0.717) is 0 Å². The molecule has 0 amide bonds. The molecule has 1 aromatic carbocycles. The number of fused-ring (bicyclic) bond motifs is 1. The quantitative estimate of drug-likeness (QED) is 0.605. The first-order chi connectivity index (χ1) is 15.1. The molecular weight excluding hydrogens is 386 g/mol. The Hall–Kier alpha value is -2.24. The molecule has 1 aromatic heterocycles. The summed E-state index contributed by atoms with van der Waals surface area (Å²) in [5.41, 5.74) is 5.03. The Labute approximate surface area is 186 Å². The zero-order chi connectivity index (χ0) is 21.6. The fourth-order valence-electron chi connectivity index (χ4n) is 4.95. The monoisotopic (exact) mass is 421 g/mol. The van der Waals surface area contributed by atoms with Crippen LogP contribution in [-0.4, -0.2) is 48.0 Å². The summed E-state index contributed by atoms with van der Waals surface area (Å²) < 4.78 is 6.17. The number of pyridine rings is 1. The van der Waals surface area contributed by atoms with Crippen molar-refractivity contribution in [2.45, 2.75) is 64.5 Å². The largest absolute Gasteiger partial charge is 0.377 e. The van der Waals surface area contributed by atoms with E-state index in [1.54, 1.807) is 6.92 Å². The summed E-state index contributed by atoms with van der Waals surface area (Å²) in [7, 11) is 0. The van der Waals surface area contributed by atoms with Gasteiger partial charge in [-0.2, -0.15) is 0 Å². The van der Waals surface area contributed by atoms with Crippen molar-refractivity contribution in [3.8, 4) is 0 Å². The fraction of sp³-hybridized carbons (Fsp3) is 0.538. The number of benzene rings is 1. The molecule has 2 aromatic rings. The first kappa shape index (κ1) is 22.0. The lowest BCUT2D eigenvalue weighted by Crippen LogP contribution is -2.32. The van der Waals surface area contributed by atoms with Crippen LogP contribution in [0.1, 0.15) is 61.0 Å². The SMILES string of the molecule is CC(=O)[C@@H](c1ccccc1)N1CC[C@@H](OCCCCc2cc(C)c3c(n2)NCCC3)C1. The second kappa shape index (κ2) is 10.4. The molecule has 1 saturated heterocycles. The van der Waals surface area contributed by atoms with E-state index in [9.17, 15) is 4.79 Å². The van der Waals surface area contributed by atoms with Crippen LogP contribution in [0.4, 0.5) is 5.82 Å². The highest BCUT2D eigenvalue weighted by molar-refractivity contribution is 5.83. The van der Waals surface area contributed by atoms with Crippen LogP contribution in [0.15, 0.2) is 36.4 Å². The average Bonchev–Trinajstić information content (AvgIpc) is 3.22. The number of aromatic nitrogens is 1. The van der Waals surface area contributed by atoms with Gasteiger partial charge < -0.3 is 10.1 Å². The molecule has 3 heterocycles. The number of nitrogens with one attached hydrogen (secondary N) is 1. The van der Waals surface area contributed by atoms with E-state index < -0.39 is 0 Å². The molecule has 0 saturated carbocycles. The van der Waals surface area contributed by atoms with E-state index in [0.717, 1.165) is 69.7 Å². The minimum atomic E-state index is -0.151. The Kier molecular flexibility index (Phi) is 7.36. The van der Waals surface area contributed by atoms with Crippen LogP contribution >= 0.6 is 0 Å². The molecule has 0 unspecified atom stereocenters. The fourth-order valence-corrected chi connectivity index (χ4v) is 4.95. The molecule has 31 heavy (non-hydrogen) atoms. The zero-order valence-corrected chi connectivity index (χ0v) is 18.9. The van der Waals surface area contributed by atoms with Crippen molar-refractivity contribution in [1.29, 1.82) is 0 Å². The van der Waals surface area contributed by atoms with Crippen molar-refractivity contribution >= 4 is 11.6 Å². The molecule has 0 spiro atoms. The highest BCUT2D eigenvalue weighted by Crippen LogP contribution is 2.27. The molecule has 0 bridgehead atoms. The Morgan fingerprint density at radius 1 is 1.29 bits per heavy atom. The van der Waals surface area contributed by atoms with Gasteiger partial charge in [-0.1, -0.05) is 30.3 Å². The lowest BCUT2D eigenvalue weighted by Gasteiger charge is -2.26. The van der Waals surface area contributed by atoms with Crippen LogP contribution in [0, 0.1) is 6.92 Å². The van der Waals surface area contributed by atoms with Crippen molar-refractivity contribution in [3.05, 3.63) is 58.8 Å². The third-order valence-electron chi connectivity index (χ3n) is 6.52. The van der Waals surface area contributed by atoms with E-state index >= 15 is 0 Å². The van der Waals surface area contributed by atoms with Gasteiger partial charge in [0, 0.05) is 31.9 Å². The minimum Gasteiger partial charge on any atom is -0.377 e. The Morgan fingerprint density at radius 2 is 2.13 bits per heavy atom. The lowest BCUT2D eigenvalue weighted by molar-refractivity contribution is -0.122. The number of ether oxygens (including phenoxy) is 1. The van der Waals surface area contributed by atoms with Crippen LogP contribution in [0.5, 0.6) is 0 Å². The van der Waals surface area contributed by atoms with Crippen molar-refractivity contribution in [1.82, 2.24) is 9.88 Å². The van der Waals surface area contributed by atoms with Crippen molar-refractivity contribution in [3.63, 3.8) is 0 Å². The van der Waals surface area contributed by atoms with Gasteiger partial charge in [0.15, 0.2) is 5.78 Å². The van der Waals surface area contributed by atoms with Gasteiger partial charge in [-0.15, -0.1) is 0 Å². The summed E-state index contributed by atoms with van der Waals surface area (Å²) >= 11 is 0. The second-order valence-corrected chi connectivity index (χ2v) is 8.95. The highest BCUT2D eigenvalue weighted by atomic mass is 16.5. The molecule has 2 aliphatic rings. The van der Waals surface area contributed by atoms with Crippen LogP contribution in [0.25, 0.3) is 0 Å². The van der Waals surface area contributed by atoms with Gasteiger partial charge in [0.05, 0.1) is 12.1 Å². The number of nitrogens with zero attached hydrogens (tertiary/aromatic N) is 2. The van der Waals surface area contributed by atoms with E-state index in [1.807, 2.05) is 30.3 Å². The highest BCUT2D eigenvalue weighted by Gasteiger charge is 2.32. The molecule has 0 radical (unpaired) electrons. The van der Waals surface area contributed by atoms with Crippen LogP contribution in [-0.2, 0) is 22.4 Å². The normalized spacial score (nSPS) is 19.6. The molecule has 1 N–H and O–H groups in total. The van der Waals surface area contributed by atoms with Gasteiger partial charge >= 0.3 is 0 Å². The number of Topliss-reactive ketones (excluding diaryl/α,β-unsaturated/α-hetero) is 1. The van der Waals surface area contributed by atoms with Crippen molar-refractivity contribution in [2.24, 2.45) is 0 Å². The summed E-state index contributed by atoms with van der Waals surface area (Å²) in [6.45, 7) is 7.44. The number of carbonyl (C=O) groups is 1. The van der Waals surface area contributed by atoms with E-state index in [4.69, 9.17) is 9.72 Å². The lowest BCUT2D eigenvalue weighted by atomic mass is 10.0. The van der Waals surface area contributed by atoms with Crippen molar-refractivity contribution in [2.75, 3.05) is 31.6 Å². The van der Waals surface area contributed by atoms with E-state index in [1.165, 1.54) is 23.2 Å². The van der Waals surface area contributed by atoms with Gasteiger partial charge in [-0.05, 0) is 75.1 Å². The maximum Gasteiger partial charge on any atom is 0.151 e. The number of likely N-dealkylation sites (tertiary alicyclic amines) is 1. The Morgan fingerprint density at radius 3 is 2.94 bits per heavy atom. The topological polar surface area (TPSA) is 54.5 Å².